The molecule has 0 bridgehead atoms. The molecule has 0 aliphatic carbocycles. The standard InChI is InChI=1S/C15H30N2O/c1-6-9-16-12-15(18)17(10-7-13(2)3)11-8-14(4)5/h6,13-14,16H,1,7-12H2,2-5H3. The summed E-state index contributed by atoms with van der Waals surface area (Å²) in [7, 11) is 0. The van der Waals surface area contributed by atoms with Gasteiger partial charge in [0, 0.05) is 19.6 Å². The predicted octanol–water partition coefficient (Wildman–Crippen LogP) is 2.68. The Hall–Kier alpha value is -0.830. The average molecular weight is 254 g/mol. The van der Waals surface area contributed by atoms with Crippen LogP contribution in [-0.4, -0.2) is 37.0 Å². The van der Waals surface area contributed by atoms with Crippen molar-refractivity contribution in [3.8, 4) is 0 Å². The van der Waals surface area contributed by atoms with E-state index < -0.39 is 0 Å². The molecule has 0 saturated heterocycles. The lowest BCUT2D eigenvalue weighted by Crippen LogP contribution is -2.40. The van der Waals surface area contributed by atoms with E-state index in [1.807, 2.05) is 4.90 Å². The van der Waals surface area contributed by atoms with Gasteiger partial charge in [0.2, 0.25) is 5.91 Å². The van der Waals surface area contributed by atoms with Crippen LogP contribution in [-0.2, 0) is 4.79 Å². The highest BCUT2D eigenvalue weighted by Gasteiger charge is 2.13. The largest absolute Gasteiger partial charge is 0.342 e. The van der Waals surface area contributed by atoms with Gasteiger partial charge >= 0.3 is 0 Å². The lowest BCUT2D eigenvalue weighted by Gasteiger charge is -2.24. The van der Waals surface area contributed by atoms with Crippen molar-refractivity contribution in [1.82, 2.24) is 10.2 Å². The zero-order chi connectivity index (χ0) is 14.0. The number of nitrogens with one attached hydrogen (secondary N) is 1. The lowest BCUT2D eigenvalue weighted by molar-refractivity contribution is -0.130. The highest BCUT2D eigenvalue weighted by Crippen LogP contribution is 2.06. The van der Waals surface area contributed by atoms with Crippen molar-refractivity contribution in [3.63, 3.8) is 0 Å². The highest BCUT2D eigenvalue weighted by molar-refractivity contribution is 5.78. The zero-order valence-corrected chi connectivity index (χ0v) is 12.5. The van der Waals surface area contributed by atoms with Gasteiger partial charge in [-0.2, -0.15) is 0 Å². The molecule has 0 atom stereocenters. The molecule has 1 amide bonds. The van der Waals surface area contributed by atoms with Crippen LogP contribution in [0.15, 0.2) is 12.7 Å². The maximum atomic E-state index is 12.1. The summed E-state index contributed by atoms with van der Waals surface area (Å²) >= 11 is 0. The third-order valence-electron chi connectivity index (χ3n) is 2.87. The van der Waals surface area contributed by atoms with Crippen LogP contribution in [0.3, 0.4) is 0 Å². The number of carbonyl (C=O) groups is 1. The summed E-state index contributed by atoms with van der Waals surface area (Å²) in [5.74, 6) is 1.49. The molecule has 0 aromatic carbocycles. The monoisotopic (exact) mass is 254 g/mol. The summed E-state index contributed by atoms with van der Waals surface area (Å²) in [6, 6.07) is 0. The van der Waals surface area contributed by atoms with Crippen molar-refractivity contribution in [2.24, 2.45) is 11.8 Å². The average Bonchev–Trinajstić information content (AvgIpc) is 2.28. The van der Waals surface area contributed by atoms with Crippen molar-refractivity contribution in [2.45, 2.75) is 40.5 Å². The van der Waals surface area contributed by atoms with Gasteiger partial charge in [0.05, 0.1) is 6.54 Å². The second-order valence-electron chi connectivity index (χ2n) is 5.67. The van der Waals surface area contributed by atoms with Crippen LogP contribution in [0, 0.1) is 11.8 Å². The molecule has 0 unspecified atom stereocenters. The Morgan fingerprint density at radius 1 is 1.17 bits per heavy atom. The van der Waals surface area contributed by atoms with Gasteiger partial charge in [0.15, 0.2) is 0 Å². The van der Waals surface area contributed by atoms with Gasteiger partial charge in [-0.3, -0.25) is 4.79 Å². The predicted molar refractivity (Wildman–Crippen MR) is 78.6 cm³/mol. The van der Waals surface area contributed by atoms with Crippen LogP contribution in [0.2, 0.25) is 0 Å². The van der Waals surface area contributed by atoms with Gasteiger partial charge in [0.1, 0.15) is 0 Å². The third-order valence-corrected chi connectivity index (χ3v) is 2.87. The van der Waals surface area contributed by atoms with Crippen molar-refractivity contribution < 1.29 is 4.79 Å². The Labute approximate surface area is 113 Å². The molecule has 0 spiro atoms. The molecule has 0 saturated carbocycles. The molecule has 0 aliphatic rings. The Morgan fingerprint density at radius 3 is 2.06 bits per heavy atom. The molecule has 0 heterocycles. The molecule has 0 aliphatic heterocycles. The minimum Gasteiger partial charge on any atom is -0.342 e. The molecule has 3 heteroatoms. The first-order chi connectivity index (χ1) is 8.47. The molecule has 0 fully saturated rings. The minimum atomic E-state index is 0.207. The summed E-state index contributed by atoms with van der Waals surface area (Å²) in [6.45, 7) is 15.3. The van der Waals surface area contributed by atoms with Crippen LogP contribution >= 0.6 is 0 Å². The topological polar surface area (TPSA) is 32.3 Å². The van der Waals surface area contributed by atoms with E-state index in [1.165, 1.54) is 0 Å². The maximum Gasteiger partial charge on any atom is 0.236 e. The number of carbonyl (C=O) groups excluding carboxylic acids is 1. The fraction of sp³-hybridized carbons (Fsp3) is 0.800. The molecule has 0 rings (SSSR count). The van der Waals surface area contributed by atoms with Gasteiger partial charge in [-0.05, 0) is 24.7 Å². The minimum absolute atomic E-state index is 0.207. The number of nitrogens with zero attached hydrogens (tertiary/aromatic N) is 1. The van der Waals surface area contributed by atoms with Gasteiger partial charge in [-0.25, -0.2) is 0 Å². The summed E-state index contributed by atoms with van der Waals surface area (Å²) < 4.78 is 0. The first-order valence-electron chi connectivity index (χ1n) is 7.06. The van der Waals surface area contributed by atoms with E-state index in [2.05, 4.69) is 39.6 Å². The van der Waals surface area contributed by atoms with Crippen LogP contribution < -0.4 is 5.32 Å². The Bertz CT molecular complexity index is 225. The van der Waals surface area contributed by atoms with E-state index in [4.69, 9.17) is 0 Å². The van der Waals surface area contributed by atoms with E-state index in [0.29, 0.717) is 24.9 Å². The van der Waals surface area contributed by atoms with E-state index in [0.717, 1.165) is 25.9 Å². The molecule has 0 radical (unpaired) electrons. The highest BCUT2D eigenvalue weighted by atomic mass is 16.2. The first kappa shape index (κ1) is 17.2. The first-order valence-corrected chi connectivity index (χ1v) is 7.06. The summed E-state index contributed by atoms with van der Waals surface area (Å²) in [5.41, 5.74) is 0. The fourth-order valence-electron chi connectivity index (χ4n) is 1.58. The fourth-order valence-corrected chi connectivity index (χ4v) is 1.58. The number of hydrogen-bond acceptors (Lipinski definition) is 2. The van der Waals surface area contributed by atoms with Crippen LogP contribution in [0.4, 0.5) is 0 Å². The number of hydrogen-bond donors (Lipinski definition) is 1. The van der Waals surface area contributed by atoms with Gasteiger partial charge in [-0.1, -0.05) is 33.8 Å². The molecule has 18 heavy (non-hydrogen) atoms. The van der Waals surface area contributed by atoms with Crippen molar-refractivity contribution in [3.05, 3.63) is 12.7 Å². The maximum absolute atomic E-state index is 12.1. The summed E-state index contributed by atoms with van der Waals surface area (Å²) in [5, 5.41) is 3.08. The number of amides is 1. The normalized spacial score (nSPS) is 11.0. The van der Waals surface area contributed by atoms with Crippen molar-refractivity contribution in [2.75, 3.05) is 26.2 Å². The zero-order valence-electron chi connectivity index (χ0n) is 12.5. The quantitative estimate of drug-likeness (QED) is 0.480. The summed E-state index contributed by atoms with van der Waals surface area (Å²) in [6.07, 6.45) is 3.93. The van der Waals surface area contributed by atoms with Crippen LogP contribution in [0.25, 0.3) is 0 Å². The van der Waals surface area contributed by atoms with Gasteiger partial charge < -0.3 is 10.2 Å². The van der Waals surface area contributed by atoms with Crippen molar-refractivity contribution >= 4 is 5.91 Å². The molecule has 3 nitrogen and oxygen atoms in total. The SMILES string of the molecule is C=CCNCC(=O)N(CCC(C)C)CCC(C)C. The lowest BCUT2D eigenvalue weighted by atomic mass is 10.1. The molecule has 0 aromatic heterocycles. The second kappa shape index (κ2) is 10.1. The molecule has 106 valence electrons. The molecule has 1 N–H and O–H groups in total. The van der Waals surface area contributed by atoms with E-state index in [1.54, 1.807) is 6.08 Å². The second-order valence-corrected chi connectivity index (χ2v) is 5.67. The molecule has 0 aromatic rings. The van der Waals surface area contributed by atoms with Gasteiger partial charge in [-0.15, -0.1) is 6.58 Å². The summed E-state index contributed by atoms with van der Waals surface area (Å²) in [4.78, 5) is 14.1. The Kier molecular flexibility index (Phi) is 9.66. The molecular formula is C15H30N2O. The van der Waals surface area contributed by atoms with Crippen LogP contribution in [0.1, 0.15) is 40.5 Å². The smallest absolute Gasteiger partial charge is 0.236 e. The van der Waals surface area contributed by atoms with E-state index in [9.17, 15) is 4.79 Å². The Morgan fingerprint density at radius 2 is 1.67 bits per heavy atom. The third kappa shape index (κ3) is 9.23. The van der Waals surface area contributed by atoms with Crippen LogP contribution in [0.5, 0.6) is 0 Å². The molecular weight excluding hydrogens is 224 g/mol. The van der Waals surface area contributed by atoms with Gasteiger partial charge in [0.25, 0.3) is 0 Å². The Balaban J connectivity index is 4.15. The van der Waals surface area contributed by atoms with E-state index >= 15 is 0 Å². The number of rotatable bonds is 10. The van der Waals surface area contributed by atoms with Crippen molar-refractivity contribution in [1.29, 1.82) is 0 Å². The van der Waals surface area contributed by atoms with E-state index in [-0.39, 0.29) is 5.91 Å².